The molecule has 4 rings (SSSR count). The summed E-state index contributed by atoms with van der Waals surface area (Å²) >= 11 is 6.36. The van der Waals surface area contributed by atoms with Gasteiger partial charge in [-0.3, -0.25) is 14.5 Å². The van der Waals surface area contributed by atoms with Crippen LogP contribution in [0.25, 0.3) is 0 Å². The quantitative estimate of drug-likeness (QED) is 0.377. The molecular weight excluding hydrogens is 452 g/mol. The third kappa shape index (κ3) is 6.93. The van der Waals surface area contributed by atoms with Crippen molar-refractivity contribution in [3.8, 4) is 5.75 Å². The zero-order chi connectivity index (χ0) is 23.6. The minimum Gasteiger partial charge on any atom is -0.492 e. The molecule has 0 spiro atoms. The molecule has 0 unspecified atom stereocenters. The van der Waals surface area contributed by atoms with Crippen LogP contribution in [0.4, 0.5) is 5.69 Å². The van der Waals surface area contributed by atoms with Gasteiger partial charge in [-0.2, -0.15) is 5.10 Å². The molecule has 1 amide bonds. The van der Waals surface area contributed by atoms with Crippen molar-refractivity contribution in [2.75, 3.05) is 25.0 Å². The minimum atomic E-state index is 0.0231. The maximum atomic E-state index is 13.5. The number of nitrogens with zero attached hydrogens (tertiary/aromatic N) is 5. The molecule has 0 radical (unpaired) electrons. The van der Waals surface area contributed by atoms with E-state index >= 15 is 0 Å². The van der Waals surface area contributed by atoms with Gasteiger partial charge in [0.1, 0.15) is 25.0 Å². The molecule has 1 aliphatic rings. The molecule has 0 atom stereocenters. The number of hydrogen-bond donors (Lipinski definition) is 1. The Labute approximate surface area is 205 Å². The summed E-state index contributed by atoms with van der Waals surface area (Å²) in [5, 5.41) is 7.93. The number of aryl methyl sites for hydroxylation is 1. The number of aromatic nitrogens is 4. The van der Waals surface area contributed by atoms with Crippen LogP contribution in [-0.4, -0.2) is 56.3 Å². The Morgan fingerprint density at radius 3 is 2.74 bits per heavy atom. The van der Waals surface area contributed by atoms with Crippen molar-refractivity contribution >= 4 is 23.2 Å². The van der Waals surface area contributed by atoms with E-state index in [2.05, 4.69) is 20.4 Å². The first-order valence-corrected chi connectivity index (χ1v) is 12.3. The van der Waals surface area contributed by atoms with E-state index in [9.17, 15) is 4.79 Å². The van der Waals surface area contributed by atoms with Gasteiger partial charge in [0.05, 0.1) is 0 Å². The lowest BCUT2D eigenvalue weighted by Crippen LogP contribution is -2.39. The van der Waals surface area contributed by atoms with Gasteiger partial charge in [-0.1, -0.05) is 24.4 Å². The molecule has 1 aromatic carbocycles. The Morgan fingerprint density at radius 2 is 1.97 bits per heavy atom. The van der Waals surface area contributed by atoms with E-state index in [0.29, 0.717) is 29.5 Å². The predicted octanol–water partition coefficient (Wildman–Crippen LogP) is 4.68. The van der Waals surface area contributed by atoms with Gasteiger partial charge in [0.25, 0.3) is 5.91 Å². The molecule has 3 aromatic rings. The lowest BCUT2D eigenvalue weighted by Gasteiger charge is -2.29. The highest BCUT2D eigenvalue weighted by Crippen LogP contribution is 2.28. The number of carbonyl (C=O) groups is 1. The lowest BCUT2D eigenvalue weighted by molar-refractivity contribution is 0.0676. The van der Waals surface area contributed by atoms with Crippen molar-refractivity contribution in [1.29, 1.82) is 0 Å². The molecule has 1 fully saturated rings. The number of rotatable bonds is 12. The fourth-order valence-corrected chi connectivity index (χ4v) is 4.56. The van der Waals surface area contributed by atoms with Gasteiger partial charge < -0.3 is 15.0 Å². The summed E-state index contributed by atoms with van der Waals surface area (Å²) in [6.07, 6.45) is 13.0. The van der Waals surface area contributed by atoms with Crippen LogP contribution < -0.4 is 10.1 Å². The fourth-order valence-electron chi connectivity index (χ4n) is 4.34. The van der Waals surface area contributed by atoms with E-state index < -0.39 is 0 Å². The van der Waals surface area contributed by atoms with Gasteiger partial charge in [-0.05, 0) is 56.0 Å². The lowest BCUT2D eigenvalue weighted by atomic mass is 10.1. The normalized spacial score (nSPS) is 13.7. The highest BCUT2D eigenvalue weighted by molar-refractivity contribution is 6.31. The van der Waals surface area contributed by atoms with Crippen molar-refractivity contribution < 1.29 is 9.53 Å². The van der Waals surface area contributed by atoms with Crippen LogP contribution in [0.5, 0.6) is 5.75 Å². The summed E-state index contributed by atoms with van der Waals surface area (Å²) in [6, 6.07) is 9.38. The number of carbonyl (C=O) groups excluding carboxylic acids is 1. The summed E-state index contributed by atoms with van der Waals surface area (Å²) in [4.78, 5) is 23.6. The van der Waals surface area contributed by atoms with E-state index in [1.54, 1.807) is 43.2 Å². The number of halogens is 1. The monoisotopic (exact) mass is 482 g/mol. The van der Waals surface area contributed by atoms with Gasteiger partial charge in [0.2, 0.25) is 0 Å². The Bertz CT molecular complexity index is 1030. The van der Waals surface area contributed by atoms with Crippen molar-refractivity contribution in [1.82, 2.24) is 24.6 Å². The summed E-state index contributed by atoms with van der Waals surface area (Å²) < 4.78 is 7.72. The van der Waals surface area contributed by atoms with E-state index in [1.807, 2.05) is 21.7 Å². The average Bonchev–Trinajstić information content (AvgIpc) is 3.57. The molecule has 9 heteroatoms. The van der Waals surface area contributed by atoms with Gasteiger partial charge in [-0.15, -0.1) is 0 Å². The molecular formula is C25H31ClN6O2. The van der Waals surface area contributed by atoms with Gasteiger partial charge in [-0.25, -0.2) is 4.98 Å². The number of pyridine rings is 1. The molecule has 1 aliphatic carbocycles. The standard InChI is InChI=1S/C25H31ClN6O2/c26-21-15-20(16-24(17-21)34-14-11-29-22-7-9-27-10-8-22)25(33)32(23-5-1-2-6-23)13-4-3-12-31-19-28-18-30-31/h7-10,15-19,23H,1-6,11-14H2,(H,27,29). The number of amides is 1. The number of ether oxygens (including phenoxy) is 1. The number of benzene rings is 1. The summed E-state index contributed by atoms with van der Waals surface area (Å²) in [6.45, 7) is 2.59. The first-order chi connectivity index (χ1) is 16.7. The molecule has 0 aliphatic heterocycles. The Morgan fingerprint density at radius 1 is 1.15 bits per heavy atom. The van der Waals surface area contributed by atoms with Crippen LogP contribution in [0, 0.1) is 0 Å². The highest BCUT2D eigenvalue weighted by Gasteiger charge is 2.27. The van der Waals surface area contributed by atoms with Crippen molar-refractivity contribution in [2.24, 2.45) is 0 Å². The summed E-state index contributed by atoms with van der Waals surface area (Å²) in [7, 11) is 0. The van der Waals surface area contributed by atoms with Gasteiger partial charge >= 0.3 is 0 Å². The Hall–Kier alpha value is -3.13. The largest absolute Gasteiger partial charge is 0.492 e. The maximum Gasteiger partial charge on any atom is 0.254 e. The molecule has 180 valence electrons. The van der Waals surface area contributed by atoms with Crippen LogP contribution in [-0.2, 0) is 6.54 Å². The maximum absolute atomic E-state index is 13.5. The second-order valence-electron chi connectivity index (χ2n) is 8.49. The number of unbranched alkanes of at least 4 members (excludes halogenated alkanes) is 1. The fraction of sp³-hybridized carbons (Fsp3) is 0.440. The smallest absolute Gasteiger partial charge is 0.254 e. The number of hydrogen-bond acceptors (Lipinski definition) is 6. The molecule has 1 N–H and O–H groups in total. The zero-order valence-corrected chi connectivity index (χ0v) is 20.0. The first kappa shape index (κ1) is 24.0. The van der Waals surface area contributed by atoms with E-state index in [-0.39, 0.29) is 11.9 Å². The molecule has 0 saturated heterocycles. The van der Waals surface area contributed by atoms with Crippen LogP contribution >= 0.6 is 11.6 Å². The van der Waals surface area contributed by atoms with Crippen molar-refractivity contribution in [2.45, 2.75) is 51.1 Å². The predicted molar refractivity (Wildman–Crippen MR) is 132 cm³/mol. The van der Waals surface area contributed by atoms with Crippen LogP contribution in [0.15, 0.2) is 55.4 Å². The SMILES string of the molecule is O=C(c1cc(Cl)cc(OCCNc2ccncc2)c1)N(CCCCn1cncn1)C1CCCC1. The second-order valence-corrected chi connectivity index (χ2v) is 8.93. The Balaban J connectivity index is 1.35. The Kier molecular flexibility index (Phi) is 8.73. The molecule has 34 heavy (non-hydrogen) atoms. The molecule has 0 bridgehead atoms. The minimum absolute atomic E-state index is 0.0231. The summed E-state index contributed by atoms with van der Waals surface area (Å²) in [5.41, 5.74) is 1.56. The van der Waals surface area contributed by atoms with Crippen LogP contribution in [0.1, 0.15) is 48.9 Å². The third-order valence-electron chi connectivity index (χ3n) is 6.03. The van der Waals surface area contributed by atoms with E-state index in [4.69, 9.17) is 16.3 Å². The molecule has 2 heterocycles. The van der Waals surface area contributed by atoms with E-state index in [1.165, 1.54) is 12.8 Å². The van der Waals surface area contributed by atoms with Crippen LogP contribution in [0.2, 0.25) is 5.02 Å². The second kappa shape index (κ2) is 12.4. The van der Waals surface area contributed by atoms with Crippen molar-refractivity contribution in [3.05, 3.63) is 66.0 Å². The topological polar surface area (TPSA) is 85.2 Å². The van der Waals surface area contributed by atoms with Crippen molar-refractivity contribution in [3.63, 3.8) is 0 Å². The van der Waals surface area contributed by atoms with Gasteiger partial charge in [0.15, 0.2) is 0 Å². The van der Waals surface area contributed by atoms with E-state index in [0.717, 1.165) is 44.5 Å². The van der Waals surface area contributed by atoms with Crippen LogP contribution in [0.3, 0.4) is 0 Å². The zero-order valence-electron chi connectivity index (χ0n) is 19.3. The first-order valence-electron chi connectivity index (χ1n) is 11.9. The molecule has 1 saturated carbocycles. The number of nitrogens with one attached hydrogen (secondary N) is 1. The van der Waals surface area contributed by atoms with Gasteiger partial charge in [0, 0.05) is 54.3 Å². The molecule has 8 nitrogen and oxygen atoms in total. The number of anilines is 1. The average molecular weight is 483 g/mol. The summed E-state index contributed by atoms with van der Waals surface area (Å²) in [5.74, 6) is 0.625. The highest BCUT2D eigenvalue weighted by atomic mass is 35.5. The molecule has 2 aromatic heterocycles. The third-order valence-corrected chi connectivity index (χ3v) is 6.25.